The largest absolute Gasteiger partial charge is 0.392 e. The van der Waals surface area contributed by atoms with Gasteiger partial charge in [-0.3, -0.25) is 4.79 Å². The average Bonchev–Trinajstić information content (AvgIpc) is 2.37. The Balaban J connectivity index is 2.71. The summed E-state index contributed by atoms with van der Waals surface area (Å²) in [7, 11) is 1.88. The van der Waals surface area contributed by atoms with Gasteiger partial charge in [-0.15, -0.1) is 0 Å². The van der Waals surface area contributed by atoms with E-state index in [1.165, 1.54) is 0 Å². The highest BCUT2D eigenvalue weighted by molar-refractivity contribution is 5.94. The fourth-order valence-corrected chi connectivity index (χ4v) is 2.83. The van der Waals surface area contributed by atoms with Crippen molar-refractivity contribution < 1.29 is 4.79 Å². The van der Waals surface area contributed by atoms with Crippen molar-refractivity contribution >= 4 is 11.6 Å². The SMILES string of the molecule is C=C(CC(C)(C)CC(C)(C)C(=O)Nc1ccccc1)NC. The molecular formula is C18H28N2O. The highest BCUT2D eigenvalue weighted by atomic mass is 16.2. The number of para-hydroxylation sites is 1. The van der Waals surface area contributed by atoms with E-state index in [4.69, 9.17) is 0 Å². The number of hydrogen-bond acceptors (Lipinski definition) is 2. The van der Waals surface area contributed by atoms with Crippen LogP contribution in [0, 0.1) is 10.8 Å². The molecule has 0 aromatic heterocycles. The van der Waals surface area contributed by atoms with Crippen LogP contribution in [0.2, 0.25) is 0 Å². The van der Waals surface area contributed by atoms with Crippen LogP contribution in [0.3, 0.4) is 0 Å². The smallest absolute Gasteiger partial charge is 0.230 e. The molecule has 2 N–H and O–H groups in total. The van der Waals surface area contributed by atoms with Crippen LogP contribution in [0.15, 0.2) is 42.6 Å². The summed E-state index contributed by atoms with van der Waals surface area (Å²) in [6.45, 7) is 12.3. The third-order valence-electron chi connectivity index (χ3n) is 3.61. The lowest BCUT2D eigenvalue weighted by molar-refractivity contribution is -0.125. The Labute approximate surface area is 128 Å². The molecule has 1 aromatic carbocycles. The average molecular weight is 288 g/mol. The summed E-state index contributed by atoms with van der Waals surface area (Å²) in [5.74, 6) is 0.0526. The van der Waals surface area contributed by atoms with Gasteiger partial charge in [-0.2, -0.15) is 0 Å². The molecular weight excluding hydrogens is 260 g/mol. The van der Waals surface area contributed by atoms with Crippen LogP contribution in [0.4, 0.5) is 5.69 Å². The number of carbonyl (C=O) groups is 1. The first-order valence-electron chi connectivity index (χ1n) is 7.38. The second-order valence-electron chi connectivity index (χ2n) is 7.08. The van der Waals surface area contributed by atoms with Crippen molar-refractivity contribution in [2.24, 2.45) is 10.8 Å². The Hall–Kier alpha value is -1.77. The topological polar surface area (TPSA) is 41.1 Å². The molecule has 1 rings (SSSR count). The van der Waals surface area contributed by atoms with Crippen molar-refractivity contribution in [3.8, 4) is 0 Å². The Morgan fingerprint density at radius 2 is 1.71 bits per heavy atom. The molecule has 0 aliphatic heterocycles. The fraction of sp³-hybridized carbons (Fsp3) is 0.500. The maximum atomic E-state index is 12.5. The summed E-state index contributed by atoms with van der Waals surface area (Å²) in [6, 6.07) is 9.59. The number of amides is 1. The Kier molecular flexibility index (Phi) is 5.59. The molecule has 0 fully saturated rings. The minimum absolute atomic E-state index is 0.0115. The van der Waals surface area contributed by atoms with Crippen LogP contribution in [-0.2, 0) is 4.79 Å². The summed E-state index contributed by atoms with van der Waals surface area (Å²) in [4.78, 5) is 12.5. The maximum absolute atomic E-state index is 12.5. The predicted molar refractivity (Wildman–Crippen MR) is 90.1 cm³/mol. The van der Waals surface area contributed by atoms with E-state index in [0.717, 1.165) is 24.2 Å². The third kappa shape index (κ3) is 5.62. The van der Waals surface area contributed by atoms with Gasteiger partial charge >= 0.3 is 0 Å². The molecule has 1 amide bonds. The highest BCUT2D eigenvalue weighted by Crippen LogP contribution is 2.38. The van der Waals surface area contributed by atoms with E-state index in [1.54, 1.807) is 0 Å². The molecule has 116 valence electrons. The van der Waals surface area contributed by atoms with Gasteiger partial charge in [0.1, 0.15) is 0 Å². The Morgan fingerprint density at radius 3 is 2.24 bits per heavy atom. The van der Waals surface area contributed by atoms with Gasteiger partial charge in [0.05, 0.1) is 0 Å². The van der Waals surface area contributed by atoms with Crippen LogP contribution >= 0.6 is 0 Å². The monoisotopic (exact) mass is 288 g/mol. The standard InChI is InChI=1S/C18H28N2O/c1-14(19-6)12-17(2,3)13-18(4,5)16(21)20-15-10-8-7-9-11-15/h7-11,19H,1,12-13H2,2-6H3,(H,20,21). The Morgan fingerprint density at radius 1 is 1.14 bits per heavy atom. The van der Waals surface area contributed by atoms with Crippen LogP contribution < -0.4 is 10.6 Å². The minimum atomic E-state index is -0.437. The summed E-state index contributed by atoms with van der Waals surface area (Å²) in [5.41, 5.74) is 1.41. The number of nitrogens with one attached hydrogen (secondary N) is 2. The zero-order valence-corrected chi connectivity index (χ0v) is 13.9. The fourth-order valence-electron chi connectivity index (χ4n) is 2.83. The molecule has 3 nitrogen and oxygen atoms in total. The lowest BCUT2D eigenvalue weighted by Crippen LogP contribution is -2.35. The van der Waals surface area contributed by atoms with Gasteiger partial charge in [0, 0.05) is 23.8 Å². The second kappa shape index (κ2) is 6.79. The number of rotatable bonds is 7. The number of hydrogen-bond donors (Lipinski definition) is 2. The molecule has 0 heterocycles. The van der Waals surface area contributed by atoms with E-state index in [2.05, 4.69) is 31.1 Å². The molecule has 0 aliphatic rings. The number of benzene rings is 1. The van der Waals surface area contributed by atoms with E-state index < -0.39 is 5.41 Å². The van der Waals surface area contributed by atoms with Crippen LogP contribution in [-0.4, -0.2) is 13.0 Å². The molecule has 3 heteroatoms. The van der Waals surface area contributed by atoms with E-state index in [9.17, 15) is 4.79 Å². The molecule has 0 unspecified atom stereocenters. The number of allylic oxidation sites excluding steroid dienone is 1. The maximum Gasteiger partial charge on any atom is 0.230 e. The summed E-state index contributed by atoms with van der Waals surface area (Å²) < 4.78 is 0. The molecule has 0 atom stereocenters. The van der Waals surface area contributed by atoms with Gasteiger partial charge in [-0.1, -0.05) is 52.5 Å². The van der Waals surface area contributed by atoms with Gasteiger partial charge in [-0.05, 0) is 30.4 Å². The van der Waals surface area contributed by atoms with Crippen molar-refractivity contribution in [3.05, 3.63) is 42.6 Å². The summed E-state index contributed by atoms with van der Waals surface area (Å²) in [6.07, 6.45) is 1.64. The van der Waals surface area contributed by atoms with Gasteiger partial charge in [0.2, 0.25) is 5.91 Å². The molecule has 0 saturated carbocycles. The van der Waals surface area contributed by atoms with E-state index >= 15 is 0 Å². The van der Waals surface area contributed by atoms with E-state index in [-0.39, 0.29) is 11.3 Å². The van der Waals surface area contributed by atoms with Crippen molar-refractivity contribution in [1.82, 2.24) is 5.32 Å². The lowest BCUT2D eigenvalue weighted by atomic mass is 9.72. The predicted octanol–water partition coefficient (Wildman–Crippen LogP) is 4.19. The van der Waals surface area contributed by atoms with Crippen molar-refractivity contribution in [2.45, 2.75) is 40.5 Å². The zero-order valence-electron chi connectivity index (χ0n) is 13.9. The molecule has 1 aromatic rings. The van der Waals surface area contributed by atoms with Gasteiger partial charge < -0.3 is 10.6 Å². The Bertz CT molecular complexity index is 489. The molecule has 0 bridgehead atoms. The third-order valence-corrected chi connectivity index (χ3v) is 3.61. The highest BCUT2D eigenvalue weighted by Gasteiger charge is 2.34. The molecule has 0 spiro atoms. The van der Waals surface area contributed by atoms with Crippen LogP contribution in [0.25, 0.3) is 0 Å². The van der Waals surface area contributed by atoms with Gasteiger partial charge in [-0.25, -0.2) is 0 Å². The zero-order chi connectivity index (χ0) is 16.1. The van der Waals surface area contributed by atoms with Crippen LogP contribution in [0.1, 0.15) is 40.5 Å². The van der Waals surface area contributed by atoms with Gasteiger partial charge in [0.15, 0.2) is 0 Å². The minimum Gasteiger partial charge on any atom is -0.392 e. The first-order valence-corrected chi connectivity index (χ1v) is 7.38. The van der Waals surface area contributed by atoms with Gasteiger partial charge in [0.25, 0.3) is 0 Å². The molecule has 0 saturated heterocycles. The normalized spacial score (nSPS) is 11.9. The van der Waals surface area contributed by atoms with Crippen LogP contribution in [0.5, 0.6) is 0 Å². The summed E-state index contributed by atoms with van der Waals surface area (Å²) >= 11 is 0. The molecule has 0 radical (unpaired) electrons. The van der Waals surface area contributed by atoms with E-state index in [1.807, 2.05) is 51.2 Å². The summed E-state index contributed by atoms with van der Waals surface area (Å²) in [5, 5.41) is 6.08. The van der Waals surface area contributed by atoms with Crippen molar-refractivity contribution in [3.63, 3.8) is 0 Å². The number of anilines is 1. The second-order valence-corrected chi connectivity index (χ2v) is 7.08. The van der Waals surface area contributed by atoms with Crippen molar-refractivity contribution in [2.75, 3.05) is 12.4 Å². The lowest BCUT2D eigenvalue weighted by Gasteiger charge is -2.34. The first kappa shape index (κ1) is 17.3. The first-order chi connectivity index (χ1) is 9.66. The van der Waals surface area contributed by atoms with E-state index in [0.29, 0.717) is 0 Å². The number of carbonyl (C=O) groups excluding carboxylic acids is 1. The molecule has 21 heavy (non-hydrogen) atoms. The quantitative estimate of drug-likeness (QED) is 0.790. The van der Waals surface area contributed by atoms with Crippen molar-refractivity contribution in [1.29, 1.82) is 0 Å². The molecule has 0 aliphatic carbocycles.